The van der Waals surface area contributed by atoms with Gasteiger partial charge >= 0.3 is 0 Å². The number of aliphatic imine (C=N–C) groups is 1. The van der Waals surface area contributed by atoms with E-state index in [-0.39, 0.29) is 28.7 Å². The summed E-state index contributed by atoms with van der Waals surface area (Å²) in [7, 11) is -3.05. The van der Waals surface area contributed by atoms with Crippen molar-refractivity contribution in [1.29, 1.82) is 0 Å². The Balaban J connectivity index is 1.61. The molecule has 0 bridgehead atoms. The third-order valence-electron chi connectivity index (χ3n) is 6.21. The monoisotopic (exact) mass is 420 g/mol. The molecule has 2 atom stereocenters. The molecule has 2 unspecified atom stereocenters. The van der Waals surface area contributed by atoms with Crippen LogP contribution in [0.1, 0.15) is 49.7 Å². The van der Waals surface area contributed by atoms with E-state index in [1.54, 1.807) is 0 Å². The summed E-state index contributed by atoms with van der Waals surface area (Å²) in [4.78, 5) is 19.1. The van der Waals surface area contributed by atoms with Gasteiger partial charge in [0.15, 0.2) is 15.0 Å². The number of fused-ring (bicyclic) bond motifs is 1. The van der Waals surface area contributed by atoms with Crippen molar-refractivity contribution in [2.45, 2.75) is 63.7 Å². The van der Waals surface area contributed by atoms with Gasteiger partial charge in [0.1, 0.15) is 0 Å². The Bertz CT molecular complexity index is 884. The number of hydrogen-bond donors (Lipinski definition) is 0. The maximum absolute atomic E-state index is 12.6. The van der Waals surface area contributed by atoms with Gasteiger partial charge in [0.05, 0.1) is 17.5 Å². The molecule has 5 nitrogen and oxygen atoms in total. The molecule has 2 heterocycles. The van der Waals surface area contributed by atoms with Crippen LogP contribution >= 0.6 is 11.8 Å². The first-order valence-corrected chi connectivity index (χ1v) is 12.9. The third-order valence-corrected chi connectivity index (χ3v) is 9.42. The molecule has 0 spiro atoms. The zero-order chi connectivity index (χ0) is 19.9. The van der Waals surface area contributed by atoms with E-state index in [2.05, 4.69) is 4.99 Å². The zero-order valence-electron chi connectivity index (χ0n) is 16.6. The lowest BCUT2D eigenvalue weighted by molar-refractivity contribution is -0.118. The molecule has 28 heavy (non-hydrogen) atoms. The molecule has 0 aromatic heterocycles. The van der Waals surface area contributed by atoms with Crippen LogP contribution in [-0.4, -0.2) is 42.3 Å². The van der Waals surface area contributed by atoms with Crippen LogP contribution in [0.15, 0.2) is 23.2 Å². The first-order valence-electron chi connectivity index (χ1n) is 10.2. The van der Waals surface area contributed by atoms with Crippen molar-refractivity contribution in [1.82, 2.24) is 0 Å². The zero-order valence-corrected chi connectivity index (χ0v) is 18.2. The molecular formula is C21H28N2O3S2. The number of benzene rings is 1. The highest BCUT2D eigenvalue weighted by molar-refractivity contribution is 8.16. The van der Waals surface area contributed by atoms with E-state index in [4.69, 9.17) is 0 Å². The lowest BCUT2D eigenvalue weighted by Gasteiger charge is -2.28. The molecule has 0 N–H and O–H groups in total. The quantitative estimate of drug-likeness (QED) is 0.740. The molecule has 4 rings (SSSR count). The van der Waals surface area contributed by atoms with Gasteiger partial charge in [0, 0.05) is 17.4 Å². The first kappa shape index (κ1) is 20.0. The predicted molar refractivity (Wildman–Crippen MR) is 116 cm³/mol. The number of aryl methyl sites for hydroxylation is 2. The number of sulfone groups is 1. The molecule has 7 heteroatoms. The van der Waals surface area contributed by atoms with Crippen LogP contribution in [-0.2, 0) is 14.6 Å². The van der Waals surface area contributed by atoms with Crippen molar-refractivity contribution < 1.29 is 13.2 Å². The van der Waals surface area contributed by atoms with Crippen molar-refractivity contribution in [3.63, 3.8) is 0 Å². The minimum absolute atomic E-state index is 0.0506. The fourth-order valence-corrected chi connectivity index (χ4v) is 8.72. The van der Waals surface area contributed by atoms with Gasteiger partial charge < -0.3 is 4.90 Å². The fourth-order valence-electron chi connectivity index (χ4n) is 4.80. The summed E-state index contributed by atoms with van der Waals surface area (Å²) in [6, 6.07) is 5.92. The Kier molecular flexibility index (Phi) is 5.58. The maximum atomic E-state index is 12.6. The number of thioether (sulfide) groups is 1. The van der Waals surface area contributed by atoms with Crippen molar-refractivity contribution in [3.05, 3.63) is 29.3 Å². The lowest BCUT2D eigenvalue weighted by atomic mass is 10.0. The summed E-state index contributed by atoms with van der Waals surface area (Å²) in [6.07, 6.45) is 6.43. The highest BCUT2D eigenvalue weighted by Crippen LogP contribution is 2.43. The summed E-state index contributed by atoms with van der Waals surface area (Å²) >= 11 is 1.47. The van der Waals surface area contributed by atoms with E-state index in [9.17, 15) is 13.2 Å². The molecule has 2 aliphatic heterocycles. The Morgan fingerprint density at radius 3 is 2.54 bits per heavy atom. The summed E-state index contributed by atoms with van der Waals surface area (Å²) < 4.78 is 24.4. The normalized spacial score (nSPS) is 28.2. The van der Waals surface area contributed by atoms with Gasteiger partial charge in [0.25, 0.3) is 0 Å². The minimum atomic E-state index is -3.05. The topological polar surface area (TPSA) is 66.8 Å². The third kappa shape index (κ3) is 4.01. The molecule has 1 aliphatic carbocycles. The minimum Gasteiger partial charge on any atom is -0.315 e. The van der Waals surface area contributed by atoms with Gasteiger partial charge in [0.2, 0.25) is 5.91 Å². The molecular weight excluding hydrogens is 392 g/mol. The van der Waals surface area contributed by atoms with E-state index in [0.29, 0.717) is 17.5 Å². The number of anilines is 1. The molecule has 3 fully saturated rings. The van der Waals surface area contributed by atoms with Crippen LogP contribution < -0.4 is 4.90 Å². The van der Waals surface area contributed by atoms with Gasteiger partial charge in [-0.05, 0) is 37.3 Å². The van der Waals surface area contributed by atoms with Gasteiger partial charge in [-0.15, -0.1) is 0 Å². The number of carbonyl (C=O) groups is 1. The Hall–Kier alpha value is -1.34. The lowest BCUT2D eigenvalue weighted by Crippen LogP contribution is -2.38. The van der Waals surface area contributed by atoms with E-state index < -0.39 is 9.84 Å². The van der Waals surface area contributed by atoms with Crippen molar-refractivity contribution >= 4 is 38.4 Å². The van der Waals surface area contributed by atoms with Crippen LogP contribution in [0, 0.1) is 19.8 Å². The SMILES string of the molecule is Cc1cccc(C)c1N1C(=NC(=O)CCC2CCCC2)SC2CS(=O)(=O)CC21. The smallest absolute Gasteiger partial charge is 0.248 e. The molecule has 1 aromatic rings. The molecule has 152 valence electrons. The Labute approximate surface area is 171 Å². The van der Waals surface area contributed by atoms with Crippen molar-refractivity contribution in [3.8, 4) is 0 Å². The summed E-state index contributed by atoms with van der Waals surface area (Å²) in [5, 5.41) is 0.629. The Morgan fingerprint density at radius 2 is 1.86 bits per heavy atom. The molecule has 1 saturated carbocycles. The largest absolute Gasteiger partial charge is 0.315 e. The number of nitrogens with zero attached hydrogens (tertiary/aromatic N) is 2. The van der Waals surface area contributed by atoms with Crippen LogP contribution in [0.5, 0.6) is 0 Å². The highest BCUT2D eigenvalue weighted by Gasteiger charge is 2.49. The van der Waals surface area contributed by atoms with Crippen molar-refractivity contribution in [2.75, 3.05) is 16.4 Å². The second-order valence-electron chi connectivity index (χ2n) is 8.39. The maximum Gasteiger partial charge on any atom is 0.248 e. The van der Waals surface area contributed by atoms with Crippen LogP contribution in [0.4, 0.5) is 5.69 Å². The van der Waals surface area contributed by atoms with E-state index in [0.717, 1.165) is 23.2 Å². The Morgan fingerprint density at radius 1 is 1.18 bits per heavy atom. The van der Waals surface area contributed by atoms with Crippen LogP contribution in [0.2, 0.25) is 0 Å². The number of para-hydroxylation sites is 1. The highest BCUT2D eigenvalue weighted by atomic mass is 32.2. The molecule has 1 amide bonds. The molecule has 1 aromatic carbocycles. The second-order valence-corrected chi connectivity index (χ2v) is 11.7. The standard InChI is InChI=1S/C21H28N2O3S2/c1-14-6-5-7-15(2)20(14)23-17-12-28(25,26)13-18(17)27-21(23)22-19(24)11-10-16-8-3-4-9-16/h5-7,16-18H,3-4,8-13H2,1-2H3. The number of amidine groups is 1. The van der Waals surface area contributed by atoms with E-state index in [1.807, 2.05) is 36.9 Å². The molecule has 2 saturated heterocycles. The van der Waals surface area contributed by atoms with Crippen molar-refractivity contribution in [2.24, 2.45) is 10.9 Å². The number of carbonyl (C=O) groups excluding carboxylic acids is 1. The molecule has 3 aliphatic rings. The van der Waals surface area contributed by atoms with Crippen LogP contribution in [0.25, 0.3) is 0 Å². The van der Waals surface area contributed by atoms with Gasteiger partial charge in [-0.1, -0.05) is 55.6 Å². The summed E-state index contributed by atoms with van der Waals surface area (Å²) in [6.45, 7) is 4.06. The molecule has 0 radical (unpaired) electrons. The van der Waals surface area contributed by atoms with Gasteiger partial charge in [-0.2, -0.15) is 4.99 Å². The van der Waals surface area contributed by atoms with Gasteiger partial charge in [-0.25, -0.2) is 8.42 Å². The predicted octanol–water partition coefficient (Wildman–Crippen LogP) is 3.88. The summed E-state index contributed by atoms with van der Waals surface area (Å²) in [5.74, 6) is 0.889. The van der Waals surface area contributed by atoms with Crippen LogP contribution in [0.3, 0.4) is 0 Å². The average Bonchev–Trinajstić information content (AvgIpc) is 3.29. The average molecular weight is 421 g/mol. The number of hydrogen-bond acceptors (Lipinski definition) is 4. The fraction of sp³-hybridized carbons (Fsp3) is 0.619. The summed E-state index contributed by atoms with van der Waals surface area (Å²) in [5.41, 5.74) is 3.16. The second kappa shape index (κ2) is 7.82. The number of rotatable bonds is 4. The van der Waals surface area contributed by atoms with Gasteiger partial charge in [-0.3, -0.25) is 4.79 Å². The van der Waals surface area contributed by atoms with E-state index >= 15 is 0 Å². The first-order chi connectivity index (χ1) is 13.3. The van der Waals surface area contributed by atoms with E-state index in [1.165, 1.54) is 37.4 Å². The number of amides is 1.